The highest BCUT2D eigenvalue weighted by molar-refractivity contribution is 7.92. The van der Waals surface area contributed by atoms with E-state index in [0.717, 1.165) is 17.2 Å². The molecule has 0 fully saturated rings. The SMILES string of the molecule is CC[C@@H](C)NC(=O)[C@@H](C)N(Cc1ccc(Cl)cc1)C(=O)CN(c1cc(C(F)(F)F)ccc1Cl)S(C)(=O)=O. The van der Waals surface area contributed by atoms with Gasteiger partial charge in [0.2, 0.25) is 21.8 Å². The lowest BCUT2D eigenvalue weighted by Crippen LogP contribution is -2.52. The van der Waals surface area contributed by atoms with Crippen LogP contribution in [0.2, 0.25) is 10.0 Å². The van der Waals surface area contributed by atoms with Crippen LogP contribution in [0.4, 0.5) is 18.9 Å². The van der Waals surface area contributed by atoms with Crippen LogP contribution >= 0.6 is 23.2 Å². The molecular weight excluding hydrogens is 554 g/mol. The molecule has 0 saturated heterocycles. The van der Waals surface area contributed by atoms with E-state index >= 15 is 0 Å². The number of nitrogens with one attached hydrogen (secondary N) is 1. The van der Waals surface area contributed by atoms with Gasteiger partial charge in [0.25, 0.3) is 0 Å². The van der Waals surface area contributed by atoms with Crippen molar-refractivity contribution >= 4 is 50.7 Å². The normalized spacial score (nSPS) is 13.5. The second kappa shape index (κ2) is 12.4. The number of nitrogens with zero attached hydrogens (tertiary/aromatic N) is 2. The van der Waals surface area contributed by atoms with Crippen molar-refractivity contribution in [1.29, 1.82) is 0 Å². The molecule has 0 aliphatic heterocycles. The number of anilines is 1. The number of hydrogen-bond acceptors (Lipinski definition) is 4. The Morgan fingerprint density at radius 2 is 1.65 bits per heavy atom. The van der Waals surface area contributed by atoms with Gasteiger partial charge in [0.05, 0.1) is 22.5 Å². The van der Waals surface area contributed by atoms with Crippen LogP contribution in [0.3, 0.4) is 0 Å². The zero-order valence-electron chi connectivity index (χ0n) is 20.6. The van der Waals surface area contributed by atoms with Gasteiger partial charge in [-0.25, -0.2) is 8.42 Å². The van der Waals surface area contributed by atoms with Crippen LogP contribution in [-0.2, 0) is 32.3 Å². The standard InChI is InChI=1S/C24H28Cl2F3N3O4S/c1-5-15(2)30-23(34)16(3)31(13-17-6-9-19(25)10-7-17)22(33)14-32(37(4,35)36)21-12-18(24(27,28)29)8-11-20(21)26/h6-12,15-16H,5,13-14H2,1-4H3,(H,30,34)/t15-,16-/m1/s1. The molecule has 0 heterocycles. The number of amides is 2. The Balaban J connectivity index is 2.49. The Kier molecular flexibility index (Phi) is 10.3. The van der Waals surface area contributed by atoms with E-state index in [1.54, 1.807) is 31.2 Å². The Labute approximate surface area is 224 Å². The number of carbonyl (C=O) groups excluding carboxylic acids is 2. The van der Waals surface area contributed by atoms with Gasteiger partial charge in [-0.3, -0.25) is 13.9 Å². The number of alkyl halides is 3. The molecule has 0 unspecified atom stereocenters. The zero-order valence-corrected chi connectivity index (χ0v) is 23.0. The topological polar surface area (TPSA) is 86.8 Å². The molecule has 2 amide bonds. The van der Waals surface area contributed by atoms with Gasteiger partial charge in [-0.05, 0) is 56.2 Å². The summed E-state index contributed by atoms with van der Waals surface area (Å²) in [4.78, 5) is 27.5. The van der Waals surface area contributed by atoms with E-state index in [0.29, 0.717) is 33.4 Å². The third-order valence-electron chi connectivity index (χ3n) is 5.66. The molecular formula is C24H28Cl2F3N3O4S. The van der Waals surface area contributed by atoms with E-state index in [4.69, 9.17) is 23.2 Å². The monoisotopic (exact) mass is 581 g/mol. The predicted octanol–water partition coefficient (Wildman–Crippen LogP) is 5.11. The van der Waals surface area contributed by atoms with Crippen LogP contribution in [0, 0.1) is 0 Å². The van der Waals surface area contributed by atoms with Crippen molar-refractivity contribution in [3.8, 4) is 0 Å². The van der Waals surface area contributed by atoms with Gasteiger partial charge in [-0.2, -0.15) is 13.2 Å². The van der Waals surface area contributed by atoms with Crippen LogP contribution in [0.25, 0.3) is 0 Å². The summed E-state index contributed by atoms with van der Waals surface area (Å²) in [6, 6.07) is 7.44. The average Bonchev–Trinajstić information content (AvgIpc) is 2.80. The summed E-state index contributed by atoms with van der Waals surface area (Å²) in [6.07, 6.45) is -3.38. The molecule has 2 rings (SSSR count). The summed E-state index contributed by atoms with van der Waals surface area (Å²) in [6.45, 7) is 4.17. The smallest absolute Gasteiger partial charge is 0.352 e. The highest BCUT2D eigenvalue weighted by Gasteiger charge is 2.34. The fraction of sp³-hybridized carbons (Fsp3) is 0.417. The summed E-state index contributed by atoms with van der Waals surface area (Å²) in [5.41, 5.74) is -1.04. The number of benzene rings is 2. The summed E-state index contributed by atoms with van der Waals surface area (Å²) < 4.78 is 65.6. The first-order chi connectivity index (χ1) is 17.0. The molecule has 37 heavy (non-hydrogen) atoms. The van der Waals surface area contributed by atoms with Gasteiger partial charge in [-0.15, -0.1) is 0 Å². The van der Waals surface area contributed by atoms with Gasteiger partial charge in [0, 0.05) is 17.6 Å². The Morgan fingerprint density at radius 3 is 2.16 bits per heavy atom. The molecule has 0 radical (unpaired) electrons. The van der Waals surface area contributed by atoms with Crippen molar-refractivity contribution in [2.45, 2.75) is 52.0 Å². The number of carbonyl (C=O) groups is 2. The van der Waals surface area contributed by atoms with Gasteiger partial charge < -0.3 is 10.2 Å². The quantitative estimate of drug-likeness (QED) is 0.422. The molecule has 2 aromatic rings. The van der Waals surface area contributed by atoms with Crippen LogP contribution in [0.15, 0.2) is 42.5 Å². The van der Waals surface area contributed by atoms with Crippen LogP contribution in [0.1, 0.15) is 38.3 Å². The summed E-state index contributed by atoms with van der Waals surface area (Å²) in [5.74, 6) is -1.29. The summed E-state index contributed by atoms with van der Waals surface area (Å²) in [7, 11) is -4.26. The molecule has 0 aromatic heterocycles. The van der Waals surface area contributed by atoms with E-state index in [-0.39, 0.29) is 17.6 Å². The number of rotatable bonds is 10. The van der Waals surface area contributed by atoms with E-state index in [1.807, 2.05) is 6.92 Å². The number of sulfonamides is 1. The average molecular weight is 582 g/mol. The molecule has 0 saturated carbocycles. The minimum atomic E-state index is -4.77. The minimum Gasteiger partial charge on any atom is -0.352 e. The molecule has 1 N–H and O–H groups in total. The largest absolute Gasteiger partial charge is 0.416 e. The van der Waals surface area contributed by atoms with Crippen LogP contribution in [-0.4, -0.2) is 50.0 Å². The Hall–Kier alpha value is -2.50. The predicted molar refractivity (Wildman–Crippen MR) is 138 cm³/mol. The van der Waals surface area contributed by atoms with Gasteiger partial charge >= 0.3 is 6.18 Å². The lowest BCUT2D eigenvalue weighted by atomic mass is 10.1. The molecule has 2 atom stereocenters. The highest BCUT2D eigenvalue weighted by Crippen LogP contribution is 2.36. The lowest BCUT2D eigenvalue weighted by Gasteiger charge is -2.32. The van der Waals surface area contributed by atoms with Crippen LogP contribution < -0.4 is 9.62 Å². The van der Waals surface area contributed by atoms with Crippen molar-refractivity contribution in [1.82, 2.24) is 10.2 Å². The van der Waals surface area contributed by atoms with E-state index in [1.165, 1.54) is 6.92 Å². The molecule has 13 heteroatoms. The first kappa shape index (κ1) is 30.7. The fourth-order valence-corrected chi connectivity index (χ4v) is 4.56. The third kappa shape index (κ3) is 8.51. The Morgan fingerprint density at radius 1 is 1.05 bits per heavy atom. The number of halogens is 5. The van der Waals surface area contributed by atoms with E-state index < -0.39 is 51.9 Å². The molecule has 204 valence electrons. The zero-order chi connectivity index (χ0) is 28.1. The molecule has 7 nitrogen and oxygen atoms in total. The van der Waals surface area contributed by atoms with Crippen molar-refractivity contribution in [2.24, 2.45) is 0 Å². The first-order valence-corrected chi connectivity index (χ1v) is 13.8. The lowest BCUT2D eigenvalue weighted by molar-refractivity contribution is -0.139. The molecule has 0 aliphatic carbocycles. The van der Waals surface area contributed by atoms with Crippen molar-refractivity contribution in [2.75, 3.05) is 17.1 Å². The van der Waals surface area contributed by atoms with Crippen molar-refractivity contribution < 1.29 is 31.2 Å². The minimum absolute atomic E-state index is 0.0843. The maximum atomic E-state index is 13.5. The summed E-state index contributed by atoms with van der Waals surface area (Å²) in [5, 5.41) is 2.93. The fourth-order valence-electron chi connectivity index (χ4n) is 3.31. The number of hydrogen-bond donors (Lipinski definition) is 1. The molecule has 0 spiro atoms. The molecule has 0 aliphatic rings. The van der Waals surface area contributed by atoms with Crippen molar-refractivity contribution in [3.63, 3.8) is 0 Å². The van der Waals surface area contributed by atoms with Gasteiger partial charge in [0.1, 0.15) is 12.6 Å². The summed E-state index contributed by atoms with van der Waals surface area (Å²) >= 11 is 12.0. The first-order valence-electron chi connectivity index (χ1n) is 11.2. The molecule has 0 bridgehead atoms. The van der Waals surface area contributed by atoms with E-state index in [9.17, 15) is 31.2 Å². The Bertz CT molecular complexity index is 1220. The second-order valence-corrected chi connectivity index (χ2v) is 11.3. The van der Waals surface area contributed by atoms with Gasteiger partial charge in [0.15, 0.2) is 0 Å². The highest BCUT2D eigenvalue weighted by atomic mass is 35.5. The van der Waals surface area contributed by atoms with Gasteiger partial charge in [-0.1, -0.05) is 42.3 Å². The maximum Gasteiger partial charge on any atom is 0.416 e. The maximum absolute atomic E-state index is 13.5. The third-order valence-corrected chi connectivity index (χ3v) is 7.35. The molecule has 2 aromatic carbocycles. The van der Waals surface area contributed by atoms with Crippen molar-refractivity contribution in [3.05, 3.63) is 63.6 Å². The second-order valence-electron chi connectivity index (χ2n) is 8.58. The van der Waals surface area contributed by atoms with Crippen LogP contribution in [0.5, 0.6) is 0 Å². The van der Waals surface area contributed by atoms with E-state index in [2.05, 4.69) is 5.32 Å².